The summed E-state index contributed by atoms with van der Waals surface area (Å²) in [6.45, 7) is 0.658. The van der Waals surface area contributed by atoms with Crippen molar-refractivity contribution in [1.29, 1.82) is 0 Å². The molecule has 54 valence electrons. The molecule has 0 spiro atoms. The summed E-state index contributed by atoms with van der Waals surface area (Å²) in [5, 5.41) is 0. The van der Waals surface area contributed by atoms with Gasteiger partial charge in [-0.15, -0.1) is 0 Å². The Morgan fingerprint density at radius 2 is 2.20 bits per heavy atom. The maximum absolute atomic E-state index is 5.38. The summed E-state index contributed by atoms with van der Waals surface area (Å²) in [6, 6.07) is 3.72. The van der Waals surface area contributed by atoms with E-state index in [1.807, 2.05) is 6.07 Å². The van der Waals surface area contributed by atoms with Crippen LogP contribution in [0, 0.1) is 0 Å². The lowest BCUT2D eigenvalue weighted by Crippen LogP contribution is -2.03. The van der Waals surface area contributed by atoms with Gasteiger partial charge in [0.1, 0.15) is 5.82 Å². The van der Waals surface area contributed by atoms with Gasteiger partial charge < -0.3 is 11.5 Å². The summed E-state index contributed by atoms with van der Waals surface area (Å²) in [5.74, 6) is 0.556. The summed E-state index contributed by atoms with van der Waals surface area (Å²) in [6.07, 6.45) is 2.62. The molecule has 1 heterocycles. The topological polar surface area (TPSA) is 64.9 Å². The van der Waals surface area contributed by atoms with Gasteiger partial charge in [0.2, 0.25) is 0 Å². The second-order valence-corrected chi connectivity index (χ2v) is 2.13. The largest absolute Gasteiger partial charge is 0.384 e. The molecule has 0 radical (unpaired) electrons. The Bertz CT molecular complexity index is 193. The van der Waals surface area contributed by atoms with Crippen LogP contribution in [0.5, 0.6) is 0 Å². The number of anilines is 1. The van der Waals surface area contributed by atoms with Gasteiger partial charge in [0.15, 0.2) is 0 Å². The molecular formula is C7H11N3. The van der Waals surface area contributed by atoms with E-state index in [0.717, 1.165) is 12.0 Å². The SMILES string of the molecule is NCCc1ccc(N)nc1. The summed E-state index contributed by atoms with van der Waals surface area (Å²) < 4.78 is 0. The molecule has 0 aliphatic carbocycles. The summed E-state index contributed by atoms with van der Waals surface area (Å²) >= 11 is 0. The molecule has 1 rings (SSSR count). The lowest BCUT2D eigenvalue weighted by atomic mass is 10.2. The first-order valence-corrected chi connectivity index (χ1v) is 3.23. The van der Waals surface area contributed by atoms with Crippen molar-refractivity contribution < 1.29 is 0 Å². The van der Waals surface area contributed by atoms with E-state index in [2.05, 4.69) is 4.98 Å². The van der Waals surface area contributed by atoms with Crippen molar-refractivity contribution in [3.05, 3.63) is 23.9 Å². The van der Waals surface area contributed by atoms with Crippen molar-refractivity contribution in [1.82, 2.24) is 4.98 Å². The van der Waals surface area contributed by atoms with Crippen LogP contribution in [0.1, 0.15) is 5.56 Å². The zero-order valence-corrected chi connectivity index (χ0v) is 5.75. The predicted octanol–water partition coefficient (Wildman–Crippen LogP) is 0.165. The Kier molecular flexibility index (Phi) is 2.23. The third-order valence-corrected chi connectivity index (χ3v) is 1.28. The Morgan fingerprint density at radius 3 is 2.70 bits per heavy atom. The molecule has 0 atom stereocenters. The summed E-state index contributed by atoms with van der Waals surface area (Å²) in [4.78, 5) is 3.92. The molecule has 0 aromatic carbocycles. The molecule has 0 bridgehead atoms. The normalized spacial score (nSPS) is 9.70. The fourth-order valence-electron chi connectivity index (χ4n) is 0.750. The van der Waals surface area contributed by atoms with Crippen LogP contribution in [0.3, 0.4) is 0 Å². The number of aromatic nitrogens is 1. The number of nitrogens with zero attached hydrogens (tertiary/aromatic N) is 1. The monoisotopic (exact) mass is 137 g/mol. The number of nitrogens with two attached hydrogens (primary N) is 2. The van der Waals surface area contributed by atoms with Gasteiger partial charge in [0.25, 0.3) is 0 Å². The first kappa shape index (κ1) is 7.02. The minimum Gasteiger partial charge on any atom is -0.384 e. The average Bonchev–Trinajstić information content (AvgIpc) is 1.95. The standard InChI is InChI=1S/C7H11N3/c8-4-3-6-1-2-7(9)10-5-6/h1-2,5H,3-4,8H2,(H2,9,10). The molecule has 0 amide bonds. The van der Waals surface area contributed by atoms with Crippen molar-refractivity contribution in [2.75, 3.05) is 12.3 Å². The van der Waals surface area contributed by atoms with Crippen LogP contribution < -0.4 is 11.5 Å². The Labute approximate surface area is 60.1 Å². The van der Waals surface area contributed by atoms with Crippen LogP contribution in [0.4, 0.5) is 5.82 Å². The first-order chi connectivity index (χ1) is 4.83. The fraction of sp³-hybridized carbons (Fsp3) is 0.286. The highest BCUT2D eigenvalue weighted by Crippen LogP contribution is 2.00. The van der Waals surface area contributed by atoms with E-state index >= 15 is 0 Å². The van der Waals surface area contributed by atoms with Crippen LogP contribution in [-0.4, -0.2) is 11.5 Å². The van der Waals surface area contributed by atoms with Gasteiger partial charge in [0.05, 0.1) is 0 Å². The Hall–Kier alpha value is -1.09. The lowest BCUT2D eigenvalue weighted by molar-refractivity contribution is 0.960. The molecule has 1 aromatic heterocycles. The van der Waals surface area contributed by atoms with Gasteiger partial charge in [-0.2, -0.15) is 0 Å². The van der Waals surface area contributed by atoms with E-state index in [1.54, 1.807) is 12.3 Å². The van der Waals surface area contributed by atoms with Crippen LogP contribution >= 0.6 is 0 Å². The molecule has 1 aromatic rings. The lowest BCUT2D eigenvalue weighted by Gasteiger charge is -1.96. The Morgan fingerprint density at radius 1 is 1.40 bits per heavy atom. The maximum atomic E-state index is 5.38. The van der Waals surface area contributed by atoms with Crippen molar-refractivity contribution in [3.63, 3.8) is 0 Å². The molecule has 0 fully saturated rings. The van der Waals surface area contributed by atoms with E-state index in [0.29, 0.717) is 12.4 Å². The van der Waals surface area contributed by atoms with Crippen molar-refractivity contribution >= 4 is 5.82 Å². The van der Waals surface area contributed by atoms with Gasteiger partial charge in [0, 0.05) is 6.20 Å². The molecule has 0 saturated heterocycles. The summed E-state index contributed by atoms with van der Waals surface area (Å²) in [7, 11) is 0. The zero-order chi connectivity index (χ0) is 7.40. The van der Waals surface area contributed by atoms with E-state index in [9.17, 15) is 0 Å². The predicted molar refractivity (Wildman–Crippen MR) is 41.4 cm³/mol. The second-order valence-electron chi connectivity index (χ2n) is 2.13. The molecule has 0 aliphatic rings. The second kappa shape index (κ2) is 3.17. The molecule has 0 unspecified atom stereocenters. The molecule has 0 aliphatic heterocycles. The highest BCUT2D eigenvalue weighted by atomic mass is 14.8. The van der Waals surface area contributed by atoms with Gasteiger partial charge in [-0.1, -0.05) is 6.07 Å². The zero-order valence-electron chi connectivity index (χ0n) is 5.75. The van der Waals surface area contributed by atoms with Crippen LogP contribution in [0.2, 0.25) is 0 Å². The first-order valence-electron chi connectivity index (χ1n) is 3.23. The third kappa shape index (κ3) is 1.70. The van der Waals surface area contributed by atoms with Crippen molar-refractivity contribution in [2.24, 2.45) is 5.73 Å². The minimum atomic E-state index is 0.556. The smallest absolute Gasteiger partial charge is 0.123 e. The van der Waals surface area contributed by atoms with Gasteiger partial charge >= 0.3 is 0 Å². The van der Waals surface area contributed by atoms with Crippen LogP contribution in [0.15, 0.2) is 18.3 Å². The highest BCUT2D eigenvalue weighted by Gasteiger charge is 1.89. The van der Waals surface area contributed by atoms with E-state index in [-0.39, 0.29) is 0 Å². The highest BCUT2D eigenvalue weighted by molar-refractivity contribution is 5.29. The molecule has 0 saturated carbocycles. The molecule has 3 nitrogen and oxygen atoms in total. The maximum Gasteiger partial charge on any atom is 0.123 e. The number of pyridine rings is 1. The van der Waals surface area contributed by atoms with E-state index < -0.39 is 0 Å². The van der Waals surface area contributed by atoms with Crippen LogP contribution in [-0.2, 0) is 6.42 Å². The molecule has 3 heteroatoms. The quantitative estimate of drug-likeness (QED) is 0.610. The van der Waals surface area contributed by atoms with Crippen molar-refractivity contribution in [2.45, 2.75) is 6.42 Å². The Balaban J connectivity index is 2.69. The van der Waals surface area contributed by atoms with Crippen LogP contribution in [0.25, 0.3) is 0 Å². The van der Waals surface area contributed by atoms with Gasteiger partial charge in [-0.3, -0.25) is 0 Å². The van der Waals surface area contributed by atoms with E-state index in [4.69, 9.17) is 11.5 Å². The number of rotatable bonds is 2. The molecular weight excluding hydrogens is 126 g/mol. The summed E-state index contributed by atoms with van der Waals surface area (Å²) in [5.41, 5.74) is 11.9. The van der Waals surface area contributed by atoms with Gasteiger partial charge in [-0.05, 0) is 24.6 Å². The number of hydrogen-bond donors (Lipinski definition) is 2. The average molecular weight is 137 g/mol. The number of nitrogen functional groups attached to an aromatic ring is 1. The number of hydrogen-bond acceptors (Lipinski definition) is 3. The third-order valence-electron chi connectivity index (χ3n) is 1.28. The molecule has 4 N–H and O–H groups in total. The van der Waals surface area contributed by atoms with Gasteiger partial charge in [-0.25, -0.2) is 4.98 Å². The minimum absolute atomic E-state index is 0.556. The van der Waals surface area contributed by atoms with E-state index in [1.165, 1.54) is 0 Å². The fourth-order valence-corrected chi connectivity index (χ4v) is 0.750. The van der Waals surface area contributed by atoms with Crippen molar-refractivity contribution in [3.8, 4) is 0 Å². The molecule has 10 heavy (non-hydrogen) atoms.